The number of benzene rings is 2. The summed E-state index contributed by atoms with van der Waals surface area (Å²) < 4.78 is 5.26. The Bertz CT molecular complexity index is 584. The maximum Gasteiger partial charge on any atom is 0.225 e. The van der Waals surface area contributed by atoms with Crippen molar-refractivity contribution in [3.63, 3.8) is 0 Å². The third-order valence-corrected chi connectivity index (χ3v) is 3.32. The van der Waals surface area contributed by atoms with Crippen molar-refractivity contribution in [3.8, 4) is 5.75 Å². The molecule has 1 amide bonds. The van der Waals surface area contributed by atoms with Gasteiger partial charge in [-0.3, -0.25) is 4.79 Å². The fraction of sp³-hybridized carbons (Fsp3) is 0.235. The second-order valence-corrected chi connectivity index (χ2v) is 4.76. The van der Waals surface area contributed by atoms with Gasteiger partial charge in [0.05, 0.1) is 19.6 Å². The van der Waals surface area contributed by atoms with Crippen LogP contribution in [0.4, 0.5) is 0 Å². The first kappa shape index (κ1) is 15.1. The van der Waals surface area contributed by atoms with Gasteiger partial charge < -0.3 is 15.8 Å². The minimum Gasteiger partial charge on any atom is -0.496 e. The Labute approximate surface area is 124 Å². The molecule has 2 rings (SSSR count). The molecule has 0 heterocycles. The van der Waals surface area contributed by atoms with Crippen LogP contribution in [0, 0.1) is 0 Å². The predicted molar refractivity (Wildman–Crippen MR) is 83.1 cm³/mol. The molecule has 0 bridgehead atoms. The van der Waals surface area contributed by atoms with E-state index >= 15 is 0 Å². The highest BCUT2D eigenvalue weighted by atomic mass is 16.5. The first-order valence-electron chi connectivity index (χ1n) is 6.91. The average Bonchev–Trinajstić information content (AvgIpc) is 2.54. The molecule has 0 aliphatic rings. The highest BCUT2D eigenvalue weighted by Gasteiger charge is 2.14. The van der Waals surface area contributed by atoms with Crippen LogP contribution in [0.15, 0.2) is 54.6 Å². The van der Waals surface area contributed by atoms with E-state index in [0.717, 1.165) is 16.9 Å². The predicted octanol–water partition coefficient (Wildman–Crippen LogP) is 2.05. The van der Waals surface area contributed by atoms with Crippen molar-refractivity contribution < 1.29 is 9.53 Å². The maximum absolute atomic E-state index is 12.2. The molecule has 1 unspecified atom stereocenters. The zero-order chi connectivity index (χ0) is 15.1. The standard InChI is InChI=1S/C17H20N2O2/c1-21-16-10-6-5-9-14(16)11-17(20)19-15(12-18)13-7-3-2-4-8-13/h2-10,15H,11-12,18H2,1H3,(H,19,20). The van der Waals surface area contributed by atoms with Gasteiger partial charge in [0.25, 0.3) is 0 Å². The number of methoxy groups -OCH3 is 1. The third kappa shape index (κ3) is 4.07. The van der Waals surface area contributed by atoms with Gasteiger partial charge in [0.1, 0.15) is 5.75 Å². The second-order valence-electron chi connectivity index (χ2n) is 4.76. The van der Waals surface area contributed by atoms with Crippen molar-refractivity contribution in [2.24, 2.45) is 5.73 Å². The summed E-state index contributed by atoms with van der Waals surface area (Å²) in [6.45, 7) is 0.363. The number of rotatable bonds is 6. The summed E-state index contributed by atoms with van der Waals surface area (Å²) in [7, 11) is 1.60. The number of carbonyl (C=O) groups excluding carboxylic acids is 1. The molecule has 0 spiro atoms. The average molecular weight is 284 g/mol. The van der Waals surface area contributed by atoms with Gasteiger partial charge >= 0.3 is 0 Å². The molecular formula is C17H20N2O2. The monoisotopic (exact) mass is 284 g/mol. The summed E-state index contributed by atoms with van der Waals surface area (Å²) >= 11 is 0. The topological polar surface area (TPSA) is 64.3 Å². The number of para-hydroxylation sites is 1. The summed E-state index contributed by atoms with van der Waals surface area (Å²) in [6.07, 6.45) is 0.271. The smallest absolute Gasteiger partial charge is 0.225 e. The van der Waals surface area contributed by atoms with E-state index in [1.54, 1.807) is 7.11 Å². The lowest BCUT2D eigenvalue weighted by molar-refractivity contribution is -0.121. The summed E-state index contributed by atoms with van der Waals surface area (Å²) in [5, 5.41) is 2.96. The molecule has 1 atom stereocenters. The first-order chi connectivity index (χ1) is 10.2. The molecule has 3 N–H and O–H groups in total. The number of carbonyl (C=O) groups is 1. The number of hydrogen-bond acceptors (Lipinski definition) is 3. The molecule has 0 aliphatic heterocycles. The highest BCUT2D eigenvalue weighted by Crippen LogP contribution is 2.18. The zero-order valence-corrected chi connectivity index (χ0v) is 12.1. The van der Waals surface area contributed by atoms with Crippen LogP contribution in [0.3, 0.4) is 0 Å². The van der Waals surface area contributed by atoms with Gasteiger partial charge in [-0.25, -0.2) is 0 Å². The van der Waals surface area contributed by atoms with E-state index in [-0.39, 0.29) is 18.4 Å². The van der Waals surface area contributed by atoms with Crippen LogP contribution < -0.4 is 15.8 Å². The van der Waals surface area contributed by atoms with Crippen LogP contribution in [0.5, 0.6) is 5.75 Å². The van der Waals surface area contributed by atoms with Crippen LogP contribution in [0.1, 0.15) is 17.2 Å². The van der Waals surface area contributed by atoms with E-state index in [0.29, 0.717) is 6.54 Å². The van der Waals surface area contributed by atoms with Crippen molar-refractivity contribution in [2.45, 2.75) is 12.5 Å². The minimum atomic E-state index is -0.173. The number of nitrogens with one attached hydrogen (secondary N) is 1. The molecule has 21 heavy (non-hydrogen) atoms. The SMILES string of the molecule is COc1ccccc1CC(=O)NC(CN)c1ccccc1. The number of amides is 1. The van der Waals surface area contributed by atoms with Gasteiger partial charge in [-0.2, -0.15) is 0 Å². The number of ether oxygens (including phenoxy) is 1. The third-order valence-electron chi connectivity index (χ3n) is 3.32. The normalized spacial score (nSPS) is 11.7. The lowest BCUT2D eigenvalue weighted by atomic mass is 10.1. The van der Waals surface area contributed by atoms with Crippen LogP contribution in [0.25, 0.3) is 0 Å². The van der Waals surface area contributed by atoms with E-state index in [1.165, 1.54) is 0 Å². The minimum absolute atomic E-state index is 0.0706. The molecule has 4 heteroatoms. The van der Waals surface area contributed by atoms with Crippen molar-refractivity contribution in [3.05, 3.63) is 65.7 Å². The molecule has 2 aromatic carbocycles. The largest absolute Gasteiger partial charge is 0.496 e. The Balaban J connectivity index is 2.03. The van der Waals surface area contributed by atoms with E-state index in [9.17, 15) is 4.79 Å². The van der Waals surface area contributed by atoms with Crippen LogP contribution in [-0.4, -0.2) is 19.6 Å². The molecule has 4 nitrogen and oxygen atoms in total. The molecule has 0 saturated heterocycles. The second kappa shape index (κ2) is 7.45. The van der Waals surface area contributed by atoms with Gasteiger partial charge in [-0.05, 0) is 11.6 Å². The van der Waals surface area contributed by atoms with E-state index in [4.69, 9.17) is 10.5 Å². The van der Waals surface area contributed by atoms with Gasteiger partial charge in [-0.15, -0.1) is 0 Å². The molecule has 0 saturated carbocycles. The molecule has 2 aromatic rings. The fourth-order valence-electron chi connectivity index (χ4n) is 2.23. The molecular weight excluding hydrogens is 264 g/mol. The van der Waals surface area contributed by atoms with Crippen LogP contribution in [-0.2, 0) is 11.2 Å². The quantitative estimate of drug-likeness (QED) is 0.853. The van der Waals surface area contributed by atoms with Gasteiger partial charge in [0, 0.05) is 12.1 Å². The molecule has 110 valence electrons. The first-order valence-corrected chi connectivity index (χ1v) is 6.91. The summed E-state index contributed by atoms with van der Waals surface area (Å²) in [5.41, 5.74) is 7.63. The van der Waals surface area contributed by atoms with Crippen LogP contribution in [0.2, 0.25) is 0 Å². The van der Waals surface area contributed by atoms with Gasteiger partial charge in [-0.1, -0.05) is 48.5 Å². The van der Waals surface area contributed by atoms with Crippen molar-refractivity contribution in [2.75, 3.05) is 13.7 Å². The number of nitrogens with two attached hydrogens (primary N) is 1. The van der Waals surface area contributed by atoms with Gasteiger partial charge in [0.2, 0.25) is 5.91 Å². The molecule has 0 radical (unpaired) electrons. The van der Waals surface area contributed by atoms with Crippen LogP contribution >= 0.6 is 0 Å². The maximum atomic E-state index is 12.2. The Hall–Kier alpha value is -2.33. The molecule has 0 aliphatic carbocycles. The molecule has 0 aromatic heterocycles. The number of hydrogen-bond donors (Lipinski definition) is 2. The Morgan fingerprint density at radius 3 is 2.48 bits per heavy atom. The fourth-order valence-corrected chi connectivity index (χ4v) is 2.23. The summed E-state index contributed by atoms with van der Waals surface area (Å²) in [4.78, 5) is 12.2. The lowest BCUT2D eigenvalue weighted by Gasteiger charge is -2.17. The Morgan fingerprint density at radius 2 is 1.81 bits per heavy atom. The highest BCUT2D eigenvalue weighted by molar-refractivity contribution is 5.79. The Kier molecular flexibility index (Phi) is 5.35. The lowest BCUT2D eigenvalue weighted by Crippen LogP contribution is -2.34. The van der Waals surface area contributed by atoms with E-state index in [1.807, 2.05) is 54.6 Å². The van der Waals surface area contributed by atoms with Crippen molar-refractivity contribution >= 4 is 5.91 Å². The van der Waals surface area contributed by atoms with Crippen molar-refractivity contribution in [1.29, 1.82) is 0 Å². The van der Waals surface area contributed by atoms with Gasteiger partial charge in [0.15, 0.2) is 0 Å². The Morgan fingerprint density at radius 1 is 1.14 bits per heavy atom. The summed E-state index contributed by atoms with van der Waals surface area (Å²) in [6, 6.07) is 17.1. The van der Waals surface area contributed by atoms with E-state index in [2.05, 4.69) is 5.32 Å². The summed E-state index contributed by atoms with van der Waals surface area (Å²) in [5.74, 6) is 0.649. The van der Waals surface area contributed by atoms with Crippen molar-refractivity contribution in [1.82, 2.24) is 5.32 Å². The molecule has 0 fully saturated rings. The zero-order valence-electron chi connectivity index (χ0n) is 12.1. The van der Waals surface area contributed by atoms with E-state index < -0.39 is 0 Å².